The van der Waals surface area contributed by atoms with Gasteiger partial charge in [0.2, 0.25) is 0 Å². The molecule has 2 saturated heterocycles. The predicted molar refractivity (Wildman–Crippen MR) is 184 cm³/mol. The molecule has 0 aromatic heterocycles. The second kappa shape index (κ2) is 11.8. The maximum absolute atomic E-state index is 11.2. The smallest absolute Gasteiger partial charge is 0.183 e. The first kappa shape index (κ1) is 35.2. The van der Waals surface area contributed by atoms with E-state index < -0.39 is 12.6 Å². The van der Waals surface area contributed by atoms with Gasteiger partial charge in [0.1, 0.15) is 11.5 Å². The second-order valence-corrected chi connectivity index (χ2v) is 18.9. The van der Waals surface area contributed by atoms with Gasteiger partial charge in [0.25, 0.3) is 0 Å². The zero-order valence-corrected chi connectivity index (χ0v) is 30.6. The lowest BCUT2D eigenvalue weighted by molar-refractivity contribution is -0.278. The molecular formula is C40H60O6. The molecule has 3 aliphatic rings. The molecule has 2 aromatic rings. The fraction of sp³-hybridized carbons (Fsp3) is 0.700. The number of aromatic hydroxyl groups is 2. The summed E-state index contributed by atoms with van der Waals surface area (Å²) in [7, 11) is 0. The molecule has 0 bridgehead atoms. The maximum atomic E-state index is 11.2. The van der Waals surface area contributed by atoms with Gasteiger partial charge in [-0.25, -0.2) is 0 Å². The average molecular weight is 637 g/mol. The van der Waals surface area contributed by atoms with Crippen LogP contribution in [0.5, 0.6) is 11.5 Å². The summed E-state index contributed by atoms with van der Waals surface area (Å²) in [6, 6.07) is 8.27. The Morgan fingerprint density at radius 3 is 1.00 bits per heavy atom. The standard InChI is InChI=1S/C40H60O6/c1-35(2,3)27-16-25(17-28(31(27)41)36(4,5)6)33-43-21-39(22-44-33)14-13-15-40(20-39)23-45-34(46-24-40)26-18-29(37(7,8)9)32(42)30(19-26)38(10,11)12/h16-19,33-34,41-42H,13-15,20-24H2,1-12H3. The lowest BCUT2D eigenvalue weighted by atomic mass is 9.62. The lowest BCUT2D eigenvalue weighted by Gasteiger charge is -2.52. The minimum atomic E-state index is -0.460. The summed E-state index contributed by atoms with van der Waals surface area (Å²) in [5, 5.41) is 22.4. The third-order valence-corrected chi connectivity index (χ3v) is 10.4. The predicted octanol–water partition coefficient (Wildman–Crippen LogP) is 9.63. The number of hydrogen-bond donors (Lipinski definition) is 2. The van der Waals surface area contributed by atoms with Crippen molar-refractivity contribution in [2.75, 3.05) is 26.4 Å². The van der Waals surface area contributed by atoms with Crippen LogP contribution in [0.25, 0.3) is 0 Å². The number of hydrogen-bond acceptors (Lipinski definition) is 6. The Morgan fingerprint density at radius 1 is 0.500 bits per heavy atom. The van der Waals surface area contributed by atoms with E-state index in [0.717, 1.165) is 59.1 Å². The van der Waals surface area contributed by atoms with E-state index in [1.54, 1.807) is 0 Å². The number of phenolic OH excluding ortho intramolecular Hbond substituents is 2. The lowest BCUT2D eigenvalue weighted by Crippen LogP contribution is -2.50. The Labute approximate surface area is 278 Å². The first-order valence-corrected chi connectivity index (χ1v) is 17.3. The number of ether oxygens (including phenoxy) is 4. The van der Waals surface area contributed by atoms with E-state index in [0.29, 0.717) is 37.9 Å². The van der Waals surface area contributed by atoms with Crippen LogP contribution < -0.4 is 0 Å². The molecule has 2 spiro atoms. The highest BCUT2D eigenvalue weighted by Crippen LogP contribution is 2.53. The van der Waals surface area contributed by atoms with Crippen molar-refractivity contribution in [2.24, 2.45) is 10.8 Å². The fourth-order valence-corrected chi connectivity index (χ4v) is 7.75. The zero-order chi connectivity index (χ0) is 34.1. The molecule has 2 aliphatic heterocycles. The van der Waals surface area contributed by atoms with E-state index in [2.05, 4.69) is 107 Å². The first-order chi connectivity index (χ1) is 21.0. The van der Waals surface area contributed by atoms with Crippen LogP contribution in [-0.2, 0) is 40.6 Å². The summed E-state index contributed by atoms with van der Waals surface area (Å²) in [4.78, 5) is 0. The van der Waals surface area contributed by atoms with Crippen molar-refractivity contribution in [1.82, 2.24) is 0 Å². The van der Waals surface area contributed by atoms with Crippen molar-refractivity contribution in [2.45, 2.75) is 143 Å². The molecule has 256 valence electrons. The number of rotatable bonds is 2. The Hall–Kier alpha value is -2.12. The first-order valence-electron chi connectivity index (χ1n) is 17.3. The van der Waals surface area contributed by atoms with Crippen molar-refractivity contribution in [3.05, 3.63) is 57.6 Å². The van der Waals surface area contributed by atoms with Gasteiger partial charge in [0.15, 0.2) is 12.6 Å². The highest BCUT2D eigenvalue weighted by Gasteiger charge is 2.50. The Kier molecular flexibility index (Phi) is 9.02. The van der Waals surface area contributed by atoms with Crippen LogP contribution in [0, 0.1) is 10.8 Å². The molecule has 5 rings (SSSR count). The van der Waals surface area contributed by atoms with Crippen LogP contribution in [0.15, 0.2) is 24.3 Å². The van der Waals surface area contributed by atoms with Crippen molar-refractivity contribution in [3.8, 4) is 11.5 Å². The summed E-state index contributed by atoms with van der Waals surface area (Å²) in [6.07, 6.45) is 3.21. The molecule has 6 nitrogen and oxygen atoms in total. The summed E-state index contributed by atoms with van der Waals surface area (Å²) in [5.41, 5.74) is 4.60. The molecule has 0 atom stereocenters. The number of benzene rings is 2. The van der Waals surface area contributed by atoms with Crippen molar-refractivity contribution in [1.29, 1.82) is 0 Å². The topological polar surface area (TPSA) is 77.4 Å². The van der Waals surface area contributed by atoms with E-state index in [9.17, 15) is 10.2 Å². The van der Waals surface area contributed by atoms with Gasteiger partial charge in [-0.3, -0.25) is 0 Å². The molecule has 1 aliphatic carbocycles. The van der Waals surface area contributed by atoms with Gasteiger partial charge in [-0.2, -0.15) is 0 Å². The molecule has 3 fully saturated rings. The SMILES string of the molecule is CC(C)(C)c1cc(C2OCC3(CCCC4(COC(c5cc(C(C)(C)C)c(O)c(C(C)(C)C)c5)OC4)C3)CO2)cc(C(C)(C)C)c1O. The largest absolute Gasteiger partial charge is 0.507 e. The summed E-state index contributed by atoms with van der Waals surface area (Å²) in [5.74, 6) is 0.745. The second-order valence-electron chi connectivity index (χ2n) is 18.9. The maximum Gasteiger partial charge on any atom is 0.183 e. The summed E-state index contributed by atoms with van der Waals surface area (Å²) in [6.45, 7) is 28.1. The Balaban J connectivity index is 1.31. The van der Waals surface area contributed by atoms with Crippen molar-refractivity contribution >= 4 is 0 Å². The van der Waals surface area contributed by atoms with Crippen LogP contribution >= 0.6 is 0 Å². The Bertz CT molecular complexity index is 1230. The third-order valence-electron chi connectivity index (χ3n) is 10.4. The molecule has 0 radical (unpaired) electrons. The molecule has 2 aromatic carbocycles. The quantitative estimate of drug-likeness (QED) is 0.342. The third kappa shape index (κ3) is 7.02. The minimum absolute atomic E-state index is 0.0811. The van der Waals surface area contributed by atoms with E-state index in [1.165, 1.54) is 0 Å². The normalized spacial score (nSPS) is 28.2. The van der Waals surface area contributed by atoms with Gasteiger partial charge in [0, 0.05) is 22.0 Å². The van der Waals surface area contributed by atoms with Crippen molar-refractivity contribution in [3.63, 3.8) is 0 Å². The van der Waals surface area contributed by atoms with Crippen molar-refractivity contribution < 1.29 is 29.2 Å². The van der Waals surface area contributed by atoms with Crippen LogP contribution in [-0.4, -0.2) is 36.6 Å². The molecule has 6 heteroatoms. The van der Waals surface area contributed by atoms with Gasteiger partial charge in [0.05, 0.1) is 26.4 Å². The Morgan fingerprint density at radius 2 is 0.761 bits per heavy atom. The van der Waals surface area contributed by atoms with E-state index in [1.807, 2.05) is 0 Å². The van der Waals surface area contributed by atoms with Crippen LogP contribution in [0.1, 0.15) is 155 Å². The van der Waals surface area contributed by atoms with Gasteiger partial charge in [-0.15, -0.1) is 0 Å². The van der Waals surface area contributed by atoms with Crippen LogP contribution in [0.2, 0.25) is 0 Å². The van der Waals surface area contributed by atoms with E-state index >= 15 is 0 Å². The van der Waals surface area contributed by atoms with Gasteiger partial charge in [-0.1, -0.05) is 89.5 Å². The fourth-order valence-electron chi connectivity index (χ4n) is 7.75. The van der Waals surface area contributed by atoms with Gasteiger partial charge in [-0.05, 0) is 87.4 Å². The number of phenols is 2. The monoisotopic (exact) mass is 636 g/mol. The van der Waals surface area contributed by atoms with Gasteiger partial charge < -0.3 is 29.2 Å². The molecule has 1 saturated carbocycles. The molecule has 2 N–H and O–H groups in total. The zero-order valence-electron chi connectivity index (χ0n) is 30.6. The molecule has 2 heterocycles. The van der Waals surface area contributed by atoms with Crippen LogP contribution in [0.3, 0.4) is 0 Å². The summed E-state index contributed by atoms with van der Waals surface area (Å²) < 4.78 is 26.2. The minimum Gasteiger partial charge on any atom is -0.507 e. The molecule has 0 unspecified atom stereocenters. The van der Waals surface area contributed by atoms with Crippen LogP contribution in [0.4, 0.5) is 0 Å². The summed E-state index contributed by atoms with van der Waals surface area (Å²) >= 11 is 0. The average Bonchev–Trinajstić information content (AvgIpc) is 2.92. The van der Waals surface area contributed by atoms with Gasteiger partial charge >= 0.3 is 0 Å². The highest BCUT2D eigenvalue weighted by atomic mass is 16.7. The highest BCUT2D eigenvalue weighted by molar-refractivity contribution is 5.51. The molecular weight excluding hydrogens is 576 g/mol. The van der Waals surface area contributed by atoms with E-state index in [-0.39, 0.29) is 32.5 Å². The molecule has 46 heavy (non-hydrogen) atoms. The van der Waals surface area contributed by atoms with E-state index in [4.69, 9.17) is 18.9 Å². The molecule has 0 amide bonds.